The maximum absolute atomic E-state index is 12.4. The van der Waals surface area contributed by atoms with Crippen LogP contribution in [0.1, 0.15) is 70.7 Å². The van der Waals surface area contributed by atoms with Gasteiger partial charge in [0.15, 0.2) is 11.6 Å². The zero-order chi connectivity index (χ0) is 15.6. The summed E-state index contributed by atoms with van der Waals surface area (Å²) in [6.45, 7) is 8.09. The standard InChI is InChI=1S/C16H12O2.C3H8.CH4/c1-9-3-5-11-13(7-9)16(18)14-8-10(2)4-6-12(14)15(11)17;1-3-2;/h3-8H,1-2H3;3H2,1-2H3;1H4. The fourth-order valence-electron chi connectivity index (χ4n) is 2.38. The van der Waals surface area contributed by atoms with Gasteiger partial charge in [0.25, 0.3) is 0 Å². The topological polar surface area (TPSA) is 34.1 Å². The molecule has 0 aliphatic heterocycles. The summed E-state index contributed by atoms with van der Waals surface area (Å²) in [5.41, 5.74) is 4.07. The number of hydrogen-bond donors (Lipinski definition) is 0. The highest BCUT2D eigenvalue weighted by Gasteiger charge is 2.29. The Labute approximate surface area is 133 Å². The minimum absolute atomic E-state index is 0. The lowest BCUT2D eigenvalue weighted by molar-refractivity contribution is 0.0979. The SMILES string of the molecule is C.CCC.Cc1ccc2c(c1)C(=O)c1cc(C)ccc1C2=O. The third kappa shape index (κ3) is 3.16. The molecule has 0 N–H and O–H groups in total. The second-order valence-electron chi connectivity index (χ2n) is 5.46. The molecule has 2 heteroatoms. The fraction of sp³-hybridized carbons (Fsp3) is 0.300. The third-order valence-corrected chi connectivity index (χ3v) is 3.33. The summed E-state index contributed by atoms with van der Waals surface area (Å²) >= 11 is 0. The van der Waals surface area contributed by atoms with E-state index >= 15 is 0 Å². The van der Waals surface area contributed by atoms with Gasteiger partial charge in [0.2, 0.25) is 0 Å². The molecule has 0 aromatic heterocycles. The molecular weight excluding hydrogens is 272 g/mol. The minimum Gasteiger partial charge on any atom is -0.289 e. The van der Waals surface area contributed by atoms with Crippen LogP contribution in [0.2, 0.25) is 0 Å². The van der Waals surface area contributed by atoms with Crippen molar-refractivity contribution in [2.45, 2.75) is 41.5 Å². The lowest BCUT2D eigenvalue weighted by atomic mass is 9.83. The first kappa shape index (κ1) is 17.8. The maximum atomic E-state index is 12.4. The Bertz CT molecular complexity index is 654. The number of aryl methyl sites for hydroxylation is 2. The predicted octanol–water partition coefficient (Wildman–Crippen LogP) is 5.13. The second kappa shape index (κ2) is 7.17. The molecule has 0 heterocycles. The van der Waals surface area contributed by atoms with Gasteiger partial charge in [-0.2, -0.15) is 0 Å². The van der Waals surface area contributed by atoms with Gasteiger partial charge in [-0.25, -0.2) is 0 Å². The van der Waals surface area contributed by atoms with E-state index in [1.54, 1.807) is 24.3 Å². The lowest BCUT2D eigenvalue weighted by Crippen LogP contribution is -2.21. The molecule has 0 spiro atoms. The van der Waals surface area contributed by atoms with Crippen molar-refractivity contribution in [2.75, 3.05) is 0 Å². The van der Waals surface area contributed by atoms with E-state index in [2.05, 4.69) is 13.8 Å². The number of ketones is 2. The van der Waals surface area contributed by atoms with Crippen LogP contribution in [0.3, 0.4) is 0 Å². The van der Waals surface area contributed by atoms with Gasteiger partial charge in [-0.05, 0) is 26.0 Å². The summed E-state index contributed by atoms with van der Waals surface area (Å²) in [7, 11) is 0. The summed E-state index contributed by atoms with van der Waals surface area (Å²) < 4.78 is 0. The summed E-state index contributed by atoms with van der Waals surface area (Å²) in [5.74, 6) is -0.105. The molecule has 0 bridgehead atoms. The molecule has 2 aromatic rings. The van der Waals surface area contributed by atoms with Crippen LogP contribution in [0, 0.1) is 13.8 Å². The van der Waals surface area contributed by atoms with Gasteiger partial charge < -0.3 is 0 Å². The van der Waals surface area contributed by atoms with Crippen LogP contribution in [0.15, 0.2) is 36.4 Å². The van der Waals surface area contributed by atoms with Crippen LogP contribution < -0.4 is 0 Å². The molecule has 0 radical (unpaired) electrons. The Morgan fingerprint density at radius 2 is 1.00 bits per heavy atom. The molecule has 0 saturated carbocycles. The Morgan fingerprint density at radius 3 is 1.36 bits per heavy atom. The van der Waals surface area contributed by atoms with Crippen LogP contribution in [0.4, 0.5) is 0 Å². The smallest absolute Gasteiger partial charge is 0.194 e. The molecule has 0 amide bonds. The first-order valence-electron chi connectivity index (χ1n) is 7.30. The van der Waals surface area contributed by atoms with Gasteiger partial charge in [-0.3, -0.25) is 9.59 Å². The van der Waals surface area contributed by atoms with Gasteiger partial charge >= 0.3 is 0 Å². The number of carbonyl (C=O) groups excluding carboxylic acids is 2. The van der Waals surface area contributed by atoms with Gasteiger partial charge in [0, 0.05) is 22.3 Å². The maximum Gasteiger partial charge on any atom is 0.194 e. The van der Waals surface area contributed by atoms with Crippen molar-refractivity contribution < 1.29 is 9.59 Å². The molecule has 1 aliphatic carbocycles. The number of carbonyl (C=O) groups is 2. The van der Waals surface area contributed by atoms with E-state index in [9.17, 15) is 9.59 Å². The molecule has 1 aliphatic rings. The number of fused-ring (bicyclic) bond motifs is 2. The Hall–Kier alpha value is -2.22. The fourth-order valence-corrected chi connectivity index (χ4v) is 2.38. The predicted molar refractivity (Wildman–Crippen MR) is 91.9 cm³/mol. The second-order valence-corrected chi connectivity index (χ2v) is 5.46. The van der Waals surface area contributed by atoms with Gasteiger partial charge in [0.1, 0.15) is 0 Å². The summed E-state index contributed by atoms with van der Waals surface area (Å²) in [5, 5.41) is 0. The van der Waals surface area contributed by atoms with Crippen molar-refractivity contribution in [1.29, 1.82) is 0 Å². The van der Waals surface area contributed by atoms with E-state index in [0.717, 1.165) is 11.1 Å². The van der Waals surface area contributed by atoms with Crippen LogP contribution in [0.5, 0.6) is 0 Å². The zero-order valence-electron chi connectivity index (χ0n) is 13.0. The van der Waals surface area contributed by atoms with Crippen molar-refractivity contribution in [3.63, 3.8) is 0 Å². The van der Waals surface area contributed by atoms with E-state index < -0.39 is 0 Å². The molecule has 0 fully saturated rings. The summed E-state index contributed by atoms with van der Waals surface area (Å²) in [6, 6.07) is 10.8. The van der Waals surface area contributed by atoms with Crippen molar-refractivity contribution in [2.24, 2.45) is 0 Å². The van der Waals surface area contributed by atoms with Gasteiger partial charge in [-0.1, -0.05) is 63.1 Å². The molecule has 116 valence electrons. The van der Waals surface area contributed by atoms with E-state index in [4.69, 9.17) is 0 Å². The van der Waals surface area contributed by atoms with E-state index in [1.165, 1.54) is 6.42 Å². The van der Waals surface area contributed by atoms with E-state index in [0.29, 0.717) is 22.3 Å². The molecule has 0 saturated heterocycles. The van der Waals surface area contributed by atoms with Crippen LogP contribution in [0.25, 0.3) is 0 Å². The van der Waals surface area contributed by atoms with Crippen LogP contribution in [-0.4, -0.2) is 11.6 Å². The number of rotatable bonds is 0. The van der Waals surface area contributed by atoms with Crippen molar-refractivity contribution in [3.8, 4) is 0 Å². The quantitative estimate of drug-likeness (QED) is 0.576. The highest BCUT2D eigenvalue weighted by molar-refractivity contribution is 6.28. The minimum atomic E-state index is -0.0559. The largest absolute Gasteiger partial charge is 0.289 e. The van der Waals surface area contributed by atoms with Crippen LogP contribution >= 0.6 is 0 Å². The normalized spacial score (nSPS) is 11.6. The molecular formula is C20H24O2. The van der Waals surface area contributed by atoms with Gasteiger partial charge in [0.05, 0.1) is 0 Å². The number of hydrogen-bond acceptors (Lipinski definition) is 2. The van der Waals surface area contributed by atoms with E-state index in [-0.39, 0.29) is 19.0 Å². The monoisotopic (exact) mass is 296 g/mol. The molecule has 2 aromatic carbocycles. The molecule has 2 nitrogen and oxygen atoms in total. The first-order valence-corrected chi connectivity index (χ1v) is 7.30. The zero-order valence-corrected chi connectivity index (χ0v) is 13.0. The van der Waals surface area contributed by atoms with Crippen molar-refractivity contribution >= 4 is 11.6 Å². The van der Waals surface area contributed by atoms with E-state index in [1.807, 2.05) is 26.0 Å². The summed E-state index contributed by atoms with van der Waals surface area (Å²) in [4.78, 5) is 24.7. The molecule has 0 unspecified atom stereocenters. The Balaban J connectivity index is 0.000000562. The highest BCUT2D eigenvalue weighted by atomic mass is 16.1. The van der Waals surface area contributed by atoms with Crippen molar-refractivity contribution in [3.05, 3.63) is 69.8 Å². The average molecular weight is 296 g/mol. The van der Waals surface area contributed by atoms with Crippen LogP contribution in [-0.2, 0) is 0 Å². The Kier molecular flexibility index (Phi) is 5.81. The Morgan fingerprint density at radius 1 is 0.682 bits per heavy atom. The molecule has 0 atom stereocenters. The van der Waals surface area contributed by atoms with Gasteiger partial charge in [-0.15, -0.1) is 0 Å². The first-order chi connectivity index (χ1) is 9.99. The summed E-state index contributed by atoms with van der Waals surface area (Å²) in [6.07, 6.45) is 1.25. The average Bonchev–Trinajstić information content (AvgIpc) is 2.45. The van der Waals surface area contributed by atoms with Crippen molar-refractivity contribution in [1.82, 2.24) is 0 Å². The molecule has 3 rings (SSSR count). The third-order valence-electron chi connectivity index (χ3n) is 3.33. The number of benzene rings is 2. The lowest BCUT2D eigenvalue weighted by Gasteiger charge is -2.18. The highest BCUT2D eigenvalue weighted by Crippen LogP contribution is 2.28. The molecule has 22 heavy (non-hydrogen) atoms.